The molecule has 82 valence electrons. The van der Waals surface area contributed by atoms with E-state index in [0.717, 1.165) is 11.1 Å². The summed E-state index contributed by atoms with van der Waals surface area (Å²) in [4.78, 5) is 0. The molecule has 0 aliphatic carbocycles. The normalized spacial score (nSPS) is 11.8. The minimum absolute atomic E-state index is 0.484. The first-order valence-electron chi connectivity index (χ1n) is 5.11. The van der Waals surface area contributed by atoms with Gasteiger partial charge < -0.3 is 10.0 Å². The van der Waals surface area contributed by atoms with Crippen LogP contribution in [0.25, 0.3) is 5.57 Å². The zero-order valence-electron chi connectivity index (χ0n) is 9.30. The van der Waals surface area contributed by atoms with Crippen molar-refractivity contribution < 1.29 is 10.0 Å². The maximum Gasteiger partial charge on any atom is 0.488 e. The summed E-state index contributed by atoms with van der Waals surface area (Å²) in [5.74, 6) is 0. The van der Waals surface area contributed by atoms with Gasteiger partial charge in [0.15, 0.2) is 0 Å². The average Bonchev–Trinajstić information content (AvgIpc) is 2.30. The van der Waals surface area contributed by atoms with Gasteiger partial charge in [-0.3, -0.25) is 0 Å². The van der Waals surface area contributed by atoms with Gasteiger partial charge in [-0.05, 0) is 23.5 Å². The predicted molar refractivity (Wildman–Crippen MR) is 69.3 cm³/mol. The number of benzene rings is 1. The molecule has 2 N–H and O–H groups in total. The fourth-order valence-corrected chi connectivity index (χ4v) is 1.33. The van der Waals surface area contributed by atoms with Crippen molar-refractivity contribution in [1.29, 1.82) is 0 Å². The lowest BCUT2D eigenvalue weighted by molar-refractivity contribution is 0.426. The molecule has 0 saturated carbocycles. The van der Waals surface area contributed by atoms with E-state index >= 15 is 0 Å². The van der Waals surface area contributed by atoms with Crippen LogP contribution >= 0.6 is 0 Å². The molecular formula is C13H15BO2. The molecule has 0 aliphatic rings. The first kappa shape index (κ1) is 12.5. The molecule has 0 saturated heterocycles. The highest BCUT2D eigenvalue weighted by atomic mass is 16.4. The summed E-state index contributed by atoms with van der Waals surface area (Å²) >= 11 is 0. The topological polar surface area (TPSA) is 40.5 Å². The number of hydrogen-bond donors (Lipinski definition) is 2. The van der Waals surface area contributed by atoms with Crippen LogP contribution in [0.2, 0.25) is 0 Å². The Kier molecular flexibility index (Phi) is 4.77. The van der Waals surface area contributed by atoms with Gasteiger partial charge >= 0.3 is 7.12 Å². The molecule has 0 heterocycles. The van der Waals surface area contributed by atoms with Gasteiger partial charge in [-0.15, -0.1) is 0 Å². The molecule has 1 rings (SSSR count). The fourth-order valence-electron chi connectivity index (χ4n) is 1.33. The number of rotatable bonds is 4. The Bertz CT molecular complexity index is 402. The third kappa shape index (κ3) is 3.23. The van der Waals surface area contributed by atoms with Crippen LogP contribution in [0.5, 0.6) is 0 Å². The van der Waals surface area contributed by atoms with E-state index in [2.05, 4.69) is 6.58 Å². The molecule has 0 amide bonds. The minimum atomic E-state index is -1.42. The Morgan fingerprint density at radius 2 is 1.88 bits per heavy atom. The standard InChI is InChI=1S/C13H15BO2/c1-3-5-6-11(4-2)12-7-9-13(10-8-12)14(15)16/h3-10,15-16H,2H2,1H3/b5-3-,11-6+. The number of hydrogen-bond acceptors (Lipinski definition) is 2. The van der Waals surface area contributed by atoms with E-state index in [0.29, 0.717) is 5.46 Å². The van der Waals surface area contributed by atoms with Crippen LogP contribution in [0.15, 0.2) is 55.1 Å². The van der Waals surface area contributed by atoms with E-state index in [1.54, 1.807) is 18.2 Å². The van der Waals surface area contributed by atoms with Crippen molar-refractivity contribution in [2.75, 3.05) is 0 Å². The summed E-state index contributed by atoms with van der Waals surface area (Å²) in [6.45, 7) is 5.69. The van der Waals surface area contributed by atoms with Crippen molar-refractivity contribution in [3.63, 3.8) is 0 Å². The molecule has 16 heavy (non-hydrogen) atoms. The molecule has 1 aromatic rings. The van der Waals surface area contributed by atoms with Crippen LogP contribution in [-0.4, -0.2) is 17.2 Å². The molecule has 2 nitrogen and oxygen atoms in total. The Morgan fingerprint density at radius 3 is 2.31 bits per heavy atom. The van der Waals surface area contributed by atoms with E-state index in [-0.39, 0.29) is 0 Å². The highest BCUT2D eigenvalue weighted by molar-refractivity contribution is 6.58. The molecule has 3 heteroatoms. The van der Waals surface area contributed by atoms with E-state index in [9.17, 15) is 0 Å². The quantitative estimate of drug-likeness (QED) is 0.589. The third-order valence-electron chi connectivity index (χ3n) is 2.23. The van der Waals surface area contributed by atoms with Crippen LogP contribution < -0.4 is 5.46 Å². The van der Waals surface area contributed by atoms with E-state index < -0.39 is 7.12 Å². The summed E-state index contributed by atoms with van der Waals surface area (Å²) in [5, 5.41) is 17.9. The van der Waals surface area contributed by atoms with Gasteiger partial charge in [0.05, 0.1) is 0 Å². The van der Waals surface area contributed by atoms with Crippen molar-refractivity contribution in [3.05, 3.63) is 60.7 Å². The lowest BCUT2D eigenvalue weighted by Crippen LogP contribution is -2.29. The van der Waals surface area contributed by atoms with Crippen molar-refractivity contribution in [2.45, 2.75) is 6.92 Å². The van der Waals surface area contributed by atoms with Crippen molar-refractivity contribution >= 4 is 18.2 Å². The highest BCUT2D eigenvalue weighted by Gasteiger charge is 2.09. The predicted octanol–water partition coefficient (Wildman–Crippen LogP) is 1.51. The van der Waals surface area contributed by atoms with Crippen molar-refractivity contribution in [3.8, 4) is 0 Å². The van der Waals surface area contributed by atoms with Gasteiger partial charge in [-0.1, -0.05) is 55.1 Å². The second-order valence-corrected chi connectivity index (χ2v) is 3.35. The highest BCUT2D eigenvalue weighted by Crippen LogP contribution is 2.14. The smallest absolute Gasteiger partial charge is 0.423 e. The average molecular weight is 214 g/mol. The summed E-state index contributed by atoms with van der Waals surface area (Å²) in [5.41, 5.74) is 2.48. The van der Waals surface area contributed by atoms with Crippen LogP contribution in [-0.2, 0) is 0 Å². The monoisotopic (exact) mass is 214 g/mol. The molecule has 0 unspecified atom stereocenters. The zero-order valence-corrected chi connectivity index (χ0v) is 9.30. The minimum Gasteiger partial charge on any atom is -0.423 e. The first-order chi connectivity index (χ1) is 7.69. The van der Waals surface area contributed by atoms with E-state index in [4.69, 9.17) is 10.0 Å². The Labute approximate surface area is 96.4 Å². The molecule has 0 fully saturated rings. The van der Waals surface area contributed by atoms with E-state index in [1.165, 1.54) is 0 Å². The lowest BCUT2D eigenvalue weighted by Gasteiger charge is -2.03. The summed E-state index contributed by atoms with van der Waals surface area (Å²) < 4.78 is 0. The van der Waals surface area contributed by atoms with Crippen LogP contribution in [0.1, 0.15) is 12.5 Å². The van der Waals surface area contributed by atoms with E-state index in [1.807, 2.05) is 37.3 Å². The van der Waals surface area contributed by atoms with Gasteiger partial charge in [-0.2, -0.15) is 0 Å². The van der Waals surface area contributed by atoms with Crippen molar-refractivity contribution in [1.82, 2.24) is 0 Å². The molecular weight excluding hydrogens is 199 g/mol. The molecule has 1 aromatic carbocycles. The van der Waals surface area contributed by atoms with Crippen LogP contribution in [0.3, 0.4) is 0 Å². The van der Waals surface area contributed by atoms with Crippen molar-refractivity contribution in [2.24, 2.45) is 0 Å². The molecule has 0 atom stereocenters. The summed E-state index contributed by atoms with van der Waals surface area (Å²) in [7, 11) is -1.42. The van der Waals surface area contributed by atoms with Gasteiger partial charge in [0.1, 0.15) is 0 Å². The fraction of sp³-hybridized carbons (Fsp3) is 0.0769. The SMILES string of the molecule is C=C/C(=C\C=C/C)c1ccc(B(O)O)cc1. The largest absolute Gasteiger partial charge is 0.488 e. The molecule has 0 bridgehead atoms. The third-order valence-corrected chi connectivity index (χ3v) is 2.23. The maximum atomic E-state index is 8.96. The summed E-state index contributed by atoms with van der Waals surface area (Å²) in [6.07, 6.45) is 7.60. The summed E-state index contributed by atoms with van der Waals surface area (Å²) in [6, 6.07) is 7.05. The van der Waals surface area contributed by atoms with Gasteiger partial charge in [0.2, 0.25) is 0 Å². The van der Waals surface area contributed by atoms with Gasteiger partial charge in [0, 0.05) is 0 Å². The Hall–Kier alpha value is -1.58. The molecule has 0 aromatic heterocycles. The van der Waals surface area contributed by atoms with Crippen LogP contribution in [0.4, 0.5) is 0 Å². The maximum absolute atomic E-state index is 8.96. The van der Waals surface area contributed by atoms with Crippen LogP contribution in [0, 0.1) is 0 Å². The second kappa shape index (κ2) is 6.11. The molecule has 0 aliphatic heterocycles. The van der Waals surface area contributed by atoms with Gasteiger partial charge in [0.25, 0.3) is 0 Å². The zero-order chi connectivity index (χ0) is 12.0. The molecule has 0 radical (unpaired) electrons. The Balaban J connectivity index is 2.99. The lowest BCUT2D eigenvalue weighted by atomic mass is 9.80. The Morgan fingerprint density at radius 1 is 1.25 bits per heavy atom. The first-order valence-corrected chi connectivity index (χ1v) is 5.11. The molecule has 0 spiro atoms. The second-order valence-electron chi connectivity index (χ2n) is 3.35. The number of allylic oxidation sites excluding steroid dienone is 5. The van der Waals surface area contributed by atoms with Gasteiger partial charge in [-0.25, -0.2) is 0 Å².